The van der Waals surface area contributed by atoms with Gasteiger partial charge in [0.2, 0.25) is 0 Å². The molecule has 0 aliphatic heterocycles. The third-order valence-corrected chi connectivity index (χ3v) is 2.74. The Kier molecular flexibility index (Phi) is 3.23. The van der Waals surface area contributed by atoms with Crippen LogP contribution in [0.4, 0.5) is 0 Å². The average molecular weight is 267 g/mol. The van der Waals surface area contributed by atoms with E-state index in [0.29, 0.717) is 12.2 Å². The highest BCUT2D eigenvalue weighted by Gasteiger charge is 2.10. The van der Waals surface area contributed by atoms with Crippen LogP contribution in [0.3, 0.4) is 0 Å². The SMILES string of the molecule is OC(Cc1ccc(Br)cc1)c1ccco1. The molecular formula is C12H11BrO2. The van der Waals surface area contributed by atoms with Gasteiger partial charge in [-0.05, 0) is 29.8 Å². The first-order valence-corrected chi connectivity index (χ1v) is 5.51. The Morgan fingerprint density at radius 2 is 1.93 bits per heavy atom. The highest BCUT2D eigenvalue weighted by atomic mass is 79.9. The lowest BCUT2D eigenvalue weighted by molar-refractivity contribution is 0.150. The quantitative estimate of drug-likeness (QED) is 0.925. The van der Waals surface area contributed by atoms with E-state index in [1.54, 1.807) is 18.4 Å². The molecule has 1 unspecified atom stereocenters. The monoisotopic (exact) mass is 266 g/mol. The van der Waals surface area contributed by atoms with Crippen molar-refractivity contribution < 1.29 is 9.52 Å². The first kappa shape index (κ1) is 10.5. The Balaban J connectivity index is 2.06. The first-order valence-electron chi connectivity index (χ1n) is 4.71. The zero-order valence-corrected chi connectivity index (χ0v) is 9.65. The van der Waals surface area contributed by atoms with Crippen molar-refractivity contribution >= 4 is 15.9 Å². The molecule has 0 fully saturated rings. The topological polar surface area (TPSA) is 33.4 Å². The zero-order valence-electron chi connectivity index (χ0n) is 8.06. The summed E-state index contributed by atoms with van der Waals surface area (Å²) in [5, 5.41) is 9.83. The van der Waals surface area contributed by atoms with E-state index in [4.69, 9.17) is 4.42 Å². The largest absolute Gasteiger partial charge is 0.467 e. The molecule has 2 nitrogen and oxygen atoms in total. The molecule has 0 saturated heterocycles. The normalized spacial score (nSPS) is 12.7. The van der Waals surface area contributed by atoms with Crippen molar-refractivity contribution in [3.8, 4) is 0 Å². The molecule has 1 atom stereocenters. The van der Waals surface area contributed by atoms with E-state index in [-0.39, 0.29) is 0 Å². The minimum absolute atomic E-state index is 0.568. The number of furan rings is 1. The van der Waals surface area contributed by atoms with Gasteiger partial charge in [-0.2, -0.15) is 0 Å². The van der Waals surface area contributed by atoms with Crippen molar-refractivity contribution in [2.75, 3.05) is 0 Å². The number of hydrogen-bond acceptors (Lipinski definition) is 2. The average Bonchev–Trinajstić information content (AvgIpc) is 2.74. The smallest absolute Gasteiger partial charge is 0.132 e. The van der Waals surface area contributed by atoms with Gasteiger partial charge in [-0.25, -0.2) is 0 Å². The van der Waals surface area contributed by atoms with E-state index in [1.807, 2.05) is 24.3 Å². The summed E-state index contributed by atoms with van der Waals surface area (Å²) < 4.78 is 6.17. The molecule has 1 N–H and O–H groups in total. The summed E-state index contributed by atoms with van der Waals surface area (Å²) in [4.78, 5) is 0. The molecule has 0 radical (unpaired) electrons. The molecule has 0 saturated carbocycles. The Morgan fingerprint density at radius 1 is 1.20 bits per heavy atom. The summed E-state index contributed by atoms with van der Waals surface area (Å²) in [6.07, 6.45) is 1.57. The van der Waals surface area contributed by atoms with E-state index >= 15 is 0 Å². The van der Waals surface area contributed by atoms with Gasteiger partial charge in [-0.1, -0.05) is 28.1 Å². The molecule has 1 aromatic carbocycles. The highest BCUT2D eigenvalue weighted by molar-refractivity contribution is 9.10. The Morgan fingerprint density at radius 3 is 2.53 bits per heavy atom. The fourth-order valence-electron chi connectivity index (χ4n) is 1.43. The molecule has 0 aliphatic carbocycles. The second-order valence-electron chi connectivity index (χ2n) is 3.36. The second kappa shape index (κ2) is 4.64. The van der Waals surface area contributed by atoms with Crippen molar-refractivity contribution in [2.24, 2.45) is 0 Å². The van der Waals surface area contributed by atoms with Gasteiger partial charge in [-0.15, -0.1) is 0 Å². The fraction of sp³-hybridized carbons (Fsp3) is 0.167. The van der Waals surface area contributed by atoms with Crippen molar-refractivity contribution in [1.82, 2.24) is 0 Å². The number of rotatable bonds is 3. The van der Waals surface area contributed by atoms with Crippen molar-refractivity contribution in [2.45, 2.75) is 12.5 Å². The van der Waals surface area contributed by atoms with Gasteiger partial charge < -0.3 is 9.52 Å². The van der Waals surface area contributed by atoms with Gasteiger partial charge in [0, 0.05) is 10.9 Å². The Bertz CT molecular complexity index is 406. The maximum absolute atomic E-state index is 9.83. The summed E-state index contributed by atoms with van der Waals surface area (Å²) in [5.41, 5.74) is 1.09. The number of benzene rings is 1. The van der Waals surface area contributed by atoms with Crippen LogP contribution in [-0.4, -0.2) is 5.11 Å². The predicted octanol–water partition coefficient (Wildman–Crippen LogP) is 3.32. The van der Waals surface area contributed by atoms with Crippen LogP contribution in [0.5, 0.6) is 0 Å². The maximum Gasteiger partial charge on any atom is 0.132 e. The summed E-state index contributed by atoms with van der Waals surface area (Å²) in [6.45, 7) is 0. The van der Waals surface area contributed by atoms with Crippen LogP contribution in [0.2, 0.25) is 0 Å². The molecule has 0 amide bonds. The second-order valence-corrected chi connectivity index (χ2v) is 4.28. The molecule has 1 aromatic heterocycles. The molecule has 3 heteroatoms. The Labute approximate surface area is 96.7 Å². The van der Waals surface area contributed by atoms with Crippen LogP contribution in [0.25, 0.3) is 0 Å². The van der Waals surface area contributed by atoms with Crippen LogP contribution in [0, 0.1) is 0 Å². The highest BCUT2D eigenvalue weighted by Crippen LogP contribution is 2.19. The molecule has 15 heavy (non-hydrogen) atoms. The molecule has 0 aliphatic rings. The zero-order chi connectivity index (χ0) is 10.7. The summed E-state index contributed by atoms with van der Waals surface area (Å²) in [5.74, 6) is 0.609. The van der Waals surface area contributed by atoms with Gasteiger partial charge in [0.15, 0.2) is 0 Å². The summed E-state index contributed by atoms with van der Waals surface area (Å²) in [6, 6.07) is 11.4. The van der Waals surface area contributed by atoms with Crippen LogP contribution in [0.15, 0.2) is 51.6 Å². The van der Waals surface area contributed by atoms with Gasteiger partial charge in [0.1, 0.15) is 11.9 Å². The molecule has 1 heterocycles. The third-order valence-electron chi connectivity index (χ3n) is 2.21. The minimum atomic E-state index is -0.568. The van der Waals surface area contributed by atoms with Crippen LogP contribution >= 0.6 is 15.9 Å². The van der Waals surface area contributed by atoms with Gasteiger partial charge in [0.05, 0.1) is 6.26 Å². The lowest BCUT2D eigenvalue weighted by Gasteiger charge is -2.07. The third kappa shape index (κ3) is 2.70. The van der Waals surface area contributed by atoms with Crippen molar-refractivity contribution in [3.05, 3.63) is 58.5 Å². The van der Waals surface area contributed by atoms with E-state index in [1.165, 1.54) is 0 Å². The van der Waals surface area contributed by atoms with Crippen molar-refractivity contribution in [3.63, 3.8) is 0 Å². The lowest BCUT2D eigenvalue weighted by Crippen LogP contribution is -1.99. The van der Waals surface area contributed by atoms with E-state index in [9.17, 15) is 5.11 Å². The molecule has 0 bridgehead atoms. The van der Waals surface area contributed by atoms with Gasteiger partial charge >= 0.3 is 0 Å². The van der Waals surface area contributed by atoms with E-state index in [2.05, 4.69) is 15.9 Å². The maximum atomic E-state index is 9.83. The molecule has 2 aromatic rings. The predicted molar refractivity (Wildman–Crippen MR) is 61.5 cm³/mol. The number of aliphatic hydroxyl groups is 1. The van der Waals surface area contributed by atoms with Gasteiger partial charge in [0.25, 0.3) is 0 Å². The molecule has 78 valence electrons. The molecule has 2 rings (SSSR count). The molecular weight excluding hydrogens is 256 g/mol. The molecule has 0 spiro atoms. The minimum Gasteiger partial charge on any atom is -0.467 e. The number of halogens is 1. The standard InChI is InChI=1S/C12H11BrO2/c13-10-5-3-9(4-6-10)8-11(14)12-2-1-7-15-12/h1-7,11,14H,8H2. The fourth-order valence-corrected chi connectivity index (χ4v) is 1.69. The first-order chi connectivity index (χ1) is 7.25. The van der Waals surface area contributed by atoms with Crippen LogP contribution in [-0.2, 0) is 6.42 Å². The number of aliphatic hydroxyl groups excluding tert-OH is 1. The van der Waals surface area contributed by atoms with Crippen molar-refractivity contribution in [1.29, 1.82) is 0 Å². The Hall–Kier alpha value is -1.06. The number of hydrogen-bond donors (Lipinski definition) is 1. The van der Waals surface area contributed by atoms with Crippen LogP contribution in [0.1, 0.15) is 17.4 Å². The summed E-state index contributed by atoms with van der Waals surface area (Å²) >= 11 is 3.37. The lowest BCUT2D eigenvalue weighted by atomic mass is 10.1. The van der Waals surface area contributed by atoms with E-state index < -0.39 is 6.10 Å². The van der Waals surface area contributed by atoms with Crippen LogP contribution < -0.4 is 0 Å². The van der Waals surface area contributed by atoms with E-state index in [0.717, 1.165) is 10.0 Å². The van der Waals surface area contributed by atoms with Gasteiger partial charge in [-0.3, -0.25) is 0 Å². The summed E-state index contributed by atoms with van der Waals surface area (Å²) in [7, 11) is 0.